The van der Waals surface area contributed by atoms with Gasteiger partial charge in [-0.05, 0) is 43.3 Å². The lowest BCUT2D eigenvalue weighted by atomic mass is 10.0. The molecule has 1 saturated heterocycles. The van der Waals surface area contributed by atoms with E-state index < -0.39 is 12.4 Å². The first-order valence-corrected chi connectivity index (χ1v) is 11.3. The Labute approximate surface area is 188 Å². The van der Waals surface area contributed by atoms with Crippen LogP contribution in [0.3, 0.4) is 0 Å². The van der Waals surface area contributed by atoms with Crippen LogP contribution in [0.4, 0.5) is 5.69 Å². The number of likely N-dealkylation sites (tertiary alicyclic amines) is 1. The molecular weight excluding hydrogens is 416 g/mol. The molecule has 7 heteroatoms. The van der Waals surface area contributed by atoms with Gasteiger partial charge in [-0.2, -0.15) is 0 Å². The van der Waals surface area contributed by atoms with Crippen molar-refractivity contribution in [2.24, 2.45) is 4.99 Å². The number of fused-ring (bicyclic) bond motifs is 1. The summed E-state index contributed by atoms with van der Waals surface area (Å²) in [6, 6.07) is 15.8. The number of nitrogens with one attached hydrogen (secondary N) is 1. The molecule has 2 atom stereocenters. The maximum atomic E-state index is 8.91. The number of benzodiazepines with no additional fused rings is 1. The summed E-state index contributed by atoms with van der Waals surface area (Å²) in [7, 11) is 1.93. The van der Waals surface area contributed by atoms with E-state index >= 15 is 0 Å². The Balaban J connectivity index is 1.72. The van der Waals surface area contributed by atoms with Gasteiger partial charge < -0.3 is 20.2 Å². The average molecular weight is 444 g/mol. The van der Waals surface area contributed by atoms with E-state index in [0.29, 0.717) is 10.1 Å². The number of benzene rings is 2. The SMILES string of the molecule is CN1c2ccc(Cl)cc2C(c2ccccc2)=NC(NC(=S)N2CCCCCC2)C1[OH2+]. The standard InChI is InChI=1S/C23H27ClN4OS/c1-27-19-12-11-17(24)15-18(19)20(16-9-5-4-6-10-16)25-21(22(27)29)26-23(30)28-13-7-2-3-8-14-28/h4-6,9-12,15,21-22,29H,2-3,7-8,13-14H2,1H3,(H,26,30)/p+1. The Morgan fingerprint density at radius 2 is 1.80 bits per heavy atom. The minimum Gasteiger partial charge on any atom is -0.424 e. The number of thiocarbonyl (C=S) groups is 1. The number of nitrogens with zero attached hydrogens (tertiary/aromatic N) is 3. The Hall–Kier alpha value is -2.15. The van der Waals surface area contributed by atoms with Gasteiger partial charge in [-0.25, -0.2) is 4.99 Å². The van der Waals surface area contributed by atoms with Crippen molar-refractivity contribution in [1.29, 1.82) is 0 Å². The summed E-state index contributed by atoms with van der Waals surface area (Å²) in [5, 5.41) is 13.6. The molecule has 2 aromatic carbocycles. The third-order valence-electron chi connectivity index (χ3n) is 5.79. The second kappa shape index (κ2) is 9.33. The molecule has 0 saturated carbocycles. The van der Waals surface area contributed by atoms with Crippen molar-refractivity contribution in [3.8, 4) is 0 Å². The molecule has 158 valence electrons. The van der Waals surface area contributed by atoms with E-state index in [0.717, 1.165) is 48.5 Å². The van der Waals surface area contributed by atoms with Crippen molar-refractivity contribution >= 4 is 40.3 Å². The van der Waals surface area contributed by atoms with Gasteiger partial charge in [0.2, 0.25) is 6.17 Å². The highest BCUT2D eigenvalue weighted by molar-refractivity contribution is 7.80. The van der Waals surface area contributed by atoms with E-state index in [1.807, 2.05) is 60.5 Å². The van der Waals surface area contributed by atoms with Gasteiger partial charge in [0.25, 0.3) is 6.23 Å². The molecule has 0 aromatic heterocycles. The van der Waals surface area contributed by atoms with E-state index in [1.54, 1.807) is 0 Å². The largest absolute Gasteiger partial charge is 0.424 e. The summed E-state index contributed by atoms with van der Waals surface area (Å²) in [5.41, 5.74) is 3.69. The zero-order chi connectivity index (χ0) is 21.1. The first-order valence-electron chi connectivity index (χ1n) is 10.5. The van der Waals surface area contributed by atoms with E-state index in [1.165, 1.54) is 12.8 Å². The van der Waals surface area contributed by atoms with Crippen LogP contribution in [0.1, 0.15) is 36.8 Å². The number of aliphatic imine (C=N–C) groups is 1. The fourth-order valence-electron chi connectivity index (χ4n) is 4.08. The van der Waals surface area contributed by atoms with Crippen LogP contribution in [0.5, 0.6) is 0 Å². The normalized spacial score (nSPS) is 21.9. The molecule has 1 fully saturated rings. The summed E-state index contributed by atoms with van der Waals surface area (Å²) >= 11 is 12.1. The first kappa shape index (κ1) is 21.1. The highest BCUT2D eigenvalue weighted by Gasteiger charge is 2.34. The second-order valence-corrected chi connectivity index (χ2v) is 8.68. The van der Waals surface area contributed by atoms with E-state index in [4.69, 9.17) is 33.9 Å². The van der Waals surface area contributed by atoms with Gasteiger partial charge in [-0.15, -0.1) is 0 Å². The molecule has 2 unspecified atom stereocenters. The summed E-state index contributed by atoms with van der Waals surface area (Å²) in [5.74, 6) is 0. The van der Waals surface area contributed by atoms with Gasteiger partial charge in [0.15, 0.2) is 5.11 Å². The third-order valence-corrected chi connectivity index (χ3v) is 6.40. The van der Waals surface area contributed by atoms with Crippen LogP contribution < -0.4 is 10.2 Å². The fourth-order valence-corrected chi connectivity index (χ4v) is 4.55. The number of anilines is 1. The highest BCUT2D eigenvalue weighted by atomic mass is 35.5. The zero-order valence-corrected chi connectivity index (χ0v) is 18.7. The van der Waals surface area contributed by atoms with Gasteiger partial charge in [0.05, 0.1) is 11.4 Å². The number of rotatable bonds is 2. The molecule has 2 heterocycles. The van der Waals surface area contributed by atoms with E-state index in [2.05, 4.69) is 10.2 Å². The molecule has 0 bridgehead atoms. The maximum Gasteiger partial charge on any atom is 0.274 e. The van der Waals surface area contributed by atoms with Crippen molar-refractivity contribution in [2.45, 2.75) is 38.1 Å². The topological polar surface area (TPSA) is 53.8 Å². The van der Waals surface area contributed by atoms with Crippen LogP contribution in [0.15, 0.2) is 53.5 Å². The Kier molecular flexibility index (Phi) is 6.56. The molecule has 4 rings (SSSR count). The minimum atomic E-state index is -0.629. The lowest BCUT2D eigenvalue weighted by Gasteiger charge is -2.29. The van der Waals surface area contributed by atoms with Crippen LogP contribution in [-0.2, 0) is 0 Å². The lowest BCUT2D eigenvalue weighted by Crippen LogP contribution is -2.53. The summed E-state index contributed by atoms with van der Waals surface area (Å²) in [4.78, 5) is 9.18. The smallest absolute Gasteiger partial charge is 0.274 e. The molecule has 2 aromatic rings. The number of likely N-dealkylation sites (N-methyl/N-ethyl adjacent to an activating group) is 1. The maximum absolute atomic E-state index is 8.91. The molecule has 3 N–H and O–H groups in total. The van der Waals surface area contributed by atoms with Crippen molar-refractivity contribution in [3.63, 3.8) is 0 Å². The monoisotopic (exact) mass is 443 g/mol. The molecule has 2 aliphatic heterocycles. The predicted molar refractivity (Wildman–Crippen MR) is 129 cm³/mol. The van der Waals surface area contributed by atoms with Crippen LogP contribution in [0.25, 0.3) is 0 Å². The van der Waals surface area contributed by atoms with Gasteiger partial charge in [-0.3, -0.25) is 0 Å². The summed E-state index contributed by atoms with van der Waals surface area (Å²) in [6.07, 6.45) is 3.68. The summed E-state index contributed by atoms with van der Waals surface area (Å²) in [6.45, 7) is 1.92. The Bertz CT molecular complexity index is 928. The van der Waals surface area contributed by atoms with E-state index in [9.17, 15) is 0 Å². The quantitative estimate of drug-likeness (QED) is 0.567. The van der Waals surface area contributed by atoms with Crippen molar-refractivity contribution in [3.05, 3.63) is 64.7 Å². The molecule has 30 heavy (non-hydrogen) atoms. The van der Waals surface area contributed by atoms with E-state index in [-0.39, 0.29) is 0 Å². The lowest BCUT2D eigenvalue weighted by molar-refractivity contribution is 0.139. The van der Waals surface area contributed by atoms with Gasteiger partial charge >= 0.3 is 0 Å². The number of hydrogen-bond acceptors (Lipinski definition) is 3. The molecule has 2 aliphatic rings. The minimum absolute atomic E-state index is 0.493. The molecule has 0 spiro atoms. The van der Waals surface area contributed by atoms with Crippen molar-refractivity contribution < 1.29 is 5.11 Å². The fraction of sp³-hybridized carbons (Fsp3) is 0.391. The van der Waals surface area contributed by atoms with Crippen LogP contribution in [0, 0.1) is 0 Å². The third kappa shape index (κ3) is 4.46. The second-order valence-electron chi connectivity index (χ2n) is 7.86. The summed E-state index contributed by atoms with van der Waals surface area (Å²) < 4.78 is 0. The number of hydrogen-bond donors (Lipinski definition) is 1. The van der Waals surface area contributed by atoms with Gasteiger partial charge in [0.1, 0.15) is 0 Å². The molecule has 0 radical (unpaired) electrons. The molecule has 0 aliphatic carbocycles. The first-order chi connectivity index (χ1) is 14.5. The van der Waals surface area contributed by atoms with Crippen molar-refractivity contribution in [2.75, 3.05) is 25.0 Å². The zero-order valence-electron chi connectivity index (χ0n) is 17.1. The average Bonchev–Trinajstić information content (AvgIpc) is 3.09. The van der Waals surface area contributed by atoms with Gasteiger partial charge in [0, 0.05) is 36.3 Å². The van der Waals surface area contributed by atoms with Crippen LogP contribution in [-0.4, -0.2) is 53.4 Å². The predicted octanol–water partition coefficient (Wildman–Crippen LogP) is 3.75. The van der Waals surface area contributed by atoms with Gasteiger partial charge in [-0.1, -0.05) is 54.8 Å². The highest BCUT2D eigenvalue weighted by Crippen LogP contribution is 2.31. The Morgan fingerprint density at radius 1 is 1.10 bits per heavy atom. The Morgan fingerprint density at radius 3 is 2.50 bits per heavy atom. The molecule has 5 nitrogen and oxygen atoms in total. The molecular formula is C23H28ClN4OS+. The molecule has 0 amide bonds. The van der Waals surface area contributed by atoms with Crippen LogP contribution >= 0.6 is 23.8 Å². The van der Waals surface area contributed by atoms with Crippen LogP contribution in [0.2, 0.25) is 5.02 Å². The van der Waals surface area contributed by atoms with Crippen molar-refractivity contribution in [1.82, 2.24) is 10.2 Å². The number of halogens is 1.